The molecule has 0 aromatic heterocycles. The second-order valence-electron chi connectivity index (χ2n) is 5.19. The van der Waals surface area contributed by atoms with Crippen molar-refractivity contribution in [1.29, 1.82) is 0 Å². The van der Waals surface area contributed by atoms with E-state index in [1.54, 1.807) is 0 Å². The van der Waals surface area contributed by atoms with Gasteiger partial charge in [0.25, 0.3) is 0 Å². The molecule has 1 aliphatic rings. The fraction of sp³-hybridized carbons (Fsp3) is 0.933. The monoisotopic (exact) mass is 445 g/mol. The van der Waals surface area contributed by atoms with Crippen LogP contribution in [0.2, 0.25) is 0 Å². The topological polar surface area (TPSA) is 36.4 Å². The van der Waals surface area contributed by atoms with Crippen molar-refractivity contribution in [1.82, 2.24) is 10.6 Å². The highest BCUT2D eigenvalue weighted by Crippen LogP contribution is 2.29. The average Bonchev–Trinajstić information content (AvgIpc) is 2.86. The maximum Gasteiger partial charge on any atom is 0.191 e. The molecule has 0 radical (unpaired) electrons. The lowest BCUT2D eigenvalue weighted by Gasteiger charge is -2.17. The Morgan fingerprint density at radius 1 is 1.24 bits per heavy atom. The first kappa shape index (κ1) is 21.7. The first-order valence-electron chi connectivity index (χ1n) is 7.95. The van der Waals surface area contributed by atoms with Gasteiger partial charge in [-0.15, -0.1) is 24.0 Å². The van der Waals surface area contributed by atoms with Crippen LogP contribution in [0.4, 0.5) is 0 Å². The molecule has 0 bridgehead atoms. The van der Waals surface area contributed by atoms with Gasteiger partial charge in [0, 0.05) is 24.4 Å². The molecule has 6 heteroatoms. The summed E-state index contributed by atoms with van der Waals surface area (Å²) in [7, 11) is 0. The molecule has 1 saturated carbocycles. The van der Waals surface area contributed by atoms with Crippen molar-refractivity contribution >= 4 is 53.5 Å². The van der Waals surface area contributed by atoms with Crippen molar-refractivity contribution in [3.8, 4) is 0 Å². The minimum absolute atomic E-state index is 0. The maximum atomic E-state index is 4.70. The van der Waals surface area contributed by atoms with Gasteiger partial charge in [-0.25, -0.2) is 0 Å². The van der Waals surface area contributed by atoms with E-state index in [0.717, 1.165) is 24.3 Å². The smallest absolute Gasteiger partial charge is 0.191 e. The Bertz CT molecular complexity index is 278. The van der Waals surface area contributed by atoms with Crippen LogP contribution in [0.25, 0.3) is 0 Å². The molecule has 3 nitrogen and oxygen atoms in total. The minimum Gasteiger partial charge on any atom is -0.357 e. The predicted molar refractivity (Wildman–Crippen MR) is 112 cm³/mol. The molecular formula is C15H32IN3S2. The summed E-state index contributed by atoms with van der Waals surface area (Å²) in [6.07, 6.45) is 8.55. The molecule has 2 N–H and O–H groups in total. The van der Waals surface area contributed by atoms with Crippen molar-refractivity contribution < 1.29 is 0 Å². The summed E-state index contributed by atoms with van der Waals surface area (Å²) in [5.74, 6) is 3.50. The number of aliphatic imine (C=N–C) groups is 1. The number of unbranched alkanes of at least 4 members (excludes halogenated alkanes) is 1. The van der Waals surface area contributed by atoms with E-state index >= 15 is 0 Å². The van der Waals surface area contributed by atoms with Crippen LogP contribution in [0.3, 0.4) is 0 Å². The molecule has 2 atom stereocenters. The van der Waals surface area contributed by atoms with Crippen molar-refractivity contribution in [2.75, 3.05) is 30.9 Å². The number of halogens is 1. The predicted octanol–water partition coefficient (Wildman–Crippen LogP) is 3.98. The zero-order chi connectivity index (χ0) is 14.6. The maximum absolute atomic E-state index is 4.70. The van der Waals surface area contributed by atoms with Crippen LogP contribution in [0.1, 0.15) is 46.0 Å². The standard InChI is InChI=1S/C15H31N3S2.HI/c1-4-16-15(17-10-6-7-11-19-3)18-13-8-9-14(12-13)20-5-2;/h13-14H,4-12H2,1-3H3,(H2,16,17,18);1H. The molecule has 0 spiro atoms. The number of guanidine groups is 1. The third-order valence-electron chi connectivity index (χ3n) is 3.50. The van der Waals surface area contributed by atoms with E-state index in [9.17, 15) is 0 Å². The molecule has 1 rings (SSSR count). The molecule has 21 heavy (non-hydrogen) atoms. The van der Waals surface area contributed by atoms with Crippen molar-refractivity contribution in [2.45, 2.75) is 57.2 Å². The van der Waals surface area contributed by atoms with Gasteiger partial charge in [0.15, 0.2) is 5.96 Å². The molecule has 2 unspecified atom stereocenters. The molecule has 126 valence electrons. The van der Waals surface area contributed by atoms with E-state index < -0.39 is 0 Å². The fourth-order valence-electron chi connectivity index (χ4n) is 2.52. The largest absolute Gasteiger partial charge is 0.357 e. The van der Waals surface area contributed by atoms with Crippen molar-refractivity contribution in [3.63, 3.8) is 0 Å². The molecule has 0 saturated heterocycles. The summed E-state index contributed by atoms with van der Waals surface area (Å²) >= 11 is 4.03. The van der Waals surface area contributed by atoms with Gasteiger partial charge in [0.2, 0.25) is 0 Å². The molecular weight excluding hydrogens is 413 g/mol. The Hall–Kier alpha value is 0.700. The summed E-state index contributed by atoms with van der Waals surface area (Å²) < 4.78 is 0. The average molecular weight is 445 g/mol. The van der Waals surface area contributed by atoms with Crippen molar-refractivity contribution in [3.05, 3.63) is 0 Å². The van der Waals surface area contributed by atoms with Gasteiger partial charge in [-0.3, -0.25) is 4.99 Å². The lowest BCUT2D eigenvalue weighted by atomic mass is 10.2. The third-order valence-corrected chi connectivity index (χ3v) is 5.43. The van der Waals surface area contributed by atoms with Gasteiger partial charge >= 0.3 is 0 Å². The summed E-state index contributed by atoms with van der Waals surface area (Å²) in [5.41, 5.74) is 0. The van der Waals surface area contributed by atoms with Gasteiger partial charge in [-0.05, 0) is 56.8 Å². The van der Waals surface area contributed by atoms with E-state index in [-0.39, 0.29) is 24.0 Å². The number of rotatable bonds is 9. The molecule has 1 aliphatic carbocycles. The Morgan fingerprint density at radius 2 is 2.05 bits per heavy atom. The quantitative estimate of drug-likeness (QED) is 0.244. The Kier molecular flexibility index (Phi) is 14.8. The van der Waals surface area contributed by atoms with E-state index in [0.29, 0.717) is 6.04 Å². The second kappa shape index (κ2) is 14.3. The highest BCUT2D eigenvalue weighted by Gasteiger charge is 2.24. The summed E-state index contributed by atoms with van der Waals surface area (Å²) in [6.45, 7) is 6.27. The SMILES string of the molecule is CCNC(=NCCCCSC)NC1CCC(SCC)C1.I. The van der Waals surface area contributed by atoms with Crippen LogP contribution in [-0.2, 0) is 0 Å². The summed E-state index contributed by atoms with van der Waals surface area (Å²) in [5, 5.41) is 7.84. The zero-order valence-electron chi connectivity index (χ0n) is 13.7. The molecule has 0 heterocycles. The number of hydrogen-bond donors (Lipinski definition) is 2. The van der Waals surface area contributed by atoms with Gasteiger partial charge < -0.3 is 10.6 Å². The van der Waals surface area contributed by atoms with Gasteiger partial charge in [0.05, 0.1) is 0 Å². The number of nitrogens with one attached hydrogen (secondary N) is 2. The van der Waals surface area contributed by atoms with E-state index in [1.165, 1.54) is 43.6 Å². The fourth-order valence-corrected chi connectivity index (χ4v) is 4.16. The highest BCUT2D eigenvalue weighted by atomic mass is 127. The lowest BCUT2D eigenvalue weighted by molar-refractivity contribution is 0.614. The third kappa shape index (κ3) is 10.2. The van der Waals surface area contributed by atoms with Crippen LogP contribution >= 0.6 is 47.5 Å². The minimum atomic E-state index is 0. The normalized spacial score (nSPS) is 22.0. The Morgan fingerprint density at radius 3 is 2.71 bits per heavy atom. The van der Waals surface area contributed by atoms with Crippen LogP contribution < -0.4 is 10.6 Å². The second-order valence-corrected chi connectivity index (χ2v) is 7.76. The van der Waals surface area contributed by atoms with E-state index in [2.05, 4.69) is 42.5 Å². The first-order valence-corrected chi connectivity index (χ1v) is 10.4. The number of hydrogen-bond acceptors (Lipinski definition) is 3. The number of nitrogens with zero attached hydrogens (tertiary/aromatic N) is 1. The first-order chi connectivity index (χ1) is 9.80. The Labute approximate surface area is 156 Å². The van der Waals surface area contributed by atoms with Crippen LogP contribution in [0.5, 0.6) is 0 Å². The highest BCUT2D eigenvalue weighted by molar-refractivity contribution is 14.0. The molecule has 0 aromatic carbocycles. The van der Waals surface area contributed by atoms with Crippen LogP contribution in [0, 0.1) is 0 Å². The van der Waals surface area contributed by atoms with Crippen LogP contribution in [-0.4, -0.2) is 48.1 Å². The summed E-state index contributed by atoms with van der Waals surface area (Å²) in [6, 6.07) is 0.614. The Balaban J connectivity index is 0.00000400. The van der Waals surface area contributed by atoms with Crippen molar-refractivity contribution in [2.24, 2.45) is 4.99 Å². The lowest BCUT2D eigenvalue weighted by Crippen LogP contribution is -2.42. The molecule has 1 fully saturated rings. The van der Waals surface area contributed by atoms with Gasteiger partial charge in [-0.1, -0.05) is 6.92 Å². The molecule has 0 aliphatic heterocycles. The van der Waals surface area contributed by atoms with Gasteiger partial charge in [-0.2, -0.15) is 23.5 Å². The zero-order valence-corrected chi connectivity index (χ0v) is 17.7. The van der Waals surface area contributed by atoms with E-state index in [1.807, 2.05) is 11.8 Å². The summed E-state index contributed by atoms with van der Waals surface area (Å²) in [4.78, 5) is 4.70. The van der Waals surface area contributed by atoms with Crippen LogP contribution in [0.15, 0.2) is 4.99 Å². The number of thioether (sulfide) groups is 2. The molecule has 0 amide bonds. The molecule has 0 aromatic rings. The van der Waals surface area contributed by atoms with Gasteiger partial charge in [0.1, 0.15) is 0 Å². The van der Waals surface area contributed by atoms with E-state index in [4.69, 9.17) is 4.99 Å².